The molecule has 0 aliphatic heterocycles. The molecule has 0 heterocycles. The van der Waals surface area contributed by atoms with E-state index in [1.54, 1.807) is 38.1 Å². The summed E-state index contributed by atoms with van der Waals surface area (Å²) in [6.45, 7) is 7.95. The lowest BCUT2D eigenvalue weighted by Gasteiger charge is -2.24. The largest absolute Gasteiger partial charge is 0.481 e. The third kappa shape index (κ3) is 22.6. The number of hydrogen-bond donors (Lipinski definition) is 5. The van der Waals surface area contributed by atoms with Crippen LogP contribution in [0.5, 0.6) is 0 Å². The molecule has 0 spiro atoms. The van der Waals surface area contributed by atoms with Gasteiger partial charge in [0.2, 0.25) is 11.8 Å². The lowest BCUT2D eigenvalue weighted by Crippen LogP contribution is -2.56. The number of hydrogen-bond acceptors (Lipinski definition) is 7. The number of benzene rings is 1. The number of ketones is 1. The molecule has 4 atom stereocenters. The normalized spacial score (nSPS) is 13.1. The van der Waals surface area contributed by atoms with Crippen LogP contribution in [0.2, 0.25) is 0 Å². The summed E-state index contributed by atoms with van der Waals surface area (Å²) in [5, 5.41) is 24.6. The Bertz CT molecular complexity index is 1150. The van der Waals surface area contributed by atoms with Crippen LogP contribution in [0.4, 0.5) is 9.18 Å². The van der Waals surface area contributed by atoms with Crippen LogP contribution in [0.3, 0.4) is 0 Å². The number of amides is 3. The van der Waals surface area contributed by atoms with E-state index in [2.05, 4.69) is 22.9 Å². The van der Waals surface area contributed by atoms with E-state index in [4.69, 9.17) is 14.9 Å². The molecule has 284 valence electrons. The Kier molecular flexibility index (Phi) is 25.5. The molecule has 1 rings (SSSR count). The quantitative estimate of drug-likeness (QED) is 0.0721. The summed E-state index contributed by atoms with van der Waals surface area (Å²) < 4.78 is 17.6. The maximum Gasteiger partial charge on any atom is 0.408 e. The van der Waals surface area contributed by atoms with E-state index in [0.717, 1.165) is 24.8 Å². The van der Waals surface area contributed by atoms with Crippen molar-refractivity contribution in [3.8, 4) is 0 Å². The van der Waals surface area contributed by atoms with Gasteiger partial charge in [0.1, 0.15) is 30.5 Å². The van der Waals surface area contributed by atoms with Crippen LogP contribution in [0.1, 0.15) is 124 Å². The van der Waals surface area contributed by atoms with E-state index in [9.17, 15) is 33.2 Å². The average Bonchev–Trinajstić information content (AvgIpc) is 3.06. The highest BCUT2D eigenvalue weighted by atomic mass is 19.1. The lowest BCUT2D eigenvalue weighted by atomic mass is 9.98. The molecule has 5 N–H and O–H groups in total. The molecule has 0 aliphatic rings. The van der Waals surface area contributed by atoms with Crippen molar-refractivity contribution in [3.63, 3.8) is 0 Å². The number of Topliss-reactive ketones (excluding diaryl/α,β-unsaturated/α-hetero) is 1. The van der Waals surface area contributed by atoms with Gasteiger partial charge in [0.25, 0.3) is 0 Å². The molecule has 1 unspecified atom stereocenters. The van der Waals surface area contributed by atoms with Gasteiger partial charge >= 0.3 is 18.0 Å². The third-order valence-corrected chi connectivity index (χ3v) is 8.10. The van der Waals surface area contributed by atoms with E-state index in [0.29, 0.717) is 0 Å². The minimum absolute atomic E-state index is 0.00887. The first kappa shape index (κ1) is 46.0. The maximum absolute atomic E-state index is 12.5. The zero-order chi connectivity index (χ0) is 37.9. The SMILES string of the molecule is CC(C)[C@H](NC(=O)OCc1ccccc1)C(=O)N[C@@H](C)C(=O)N[C@@H](CC(=O)O)C(=O)O.CCCCCCCCCCCCCC(CF)C(C)=O. The van der Waals surface area contributed by atoms with E-state index >= 15 is 0 Å². The number of carboxylic acids is 2. The summed E-state index contributed by atoms with van der Waals surface area (Å²) in [7, 11) is 0. The summed E-state index contributed by atoms with van der Waals surface area (Å²) >= 11 is 0. The minimum Gasteiger partial charge on any atom is -0.481 e. The van der Waals surface area contributed by atoms with Crippen molar-refractivity contribution in [2.24, 2.45) is 11.8 Å². The van der Waals surface area contributed by atoms with Gasteiger partial charge in [-0.1, -0.05) is 122 Å². The van der Waals surface area contributed by atoms with Gasteiger partial charge in [-0.05, 0) is 31.7 Å². The number of halogens is 1. The molecule has 13 heteroatoms. The van der Waals surface area contributed by atoms with Crippen LogP contribution < -0.4 is 16.0 Å². The summed E-state index contributed by atoms with van der Waals surface area (Å²) in [6, 6.07) is 5.11. The molecule has 1 aromatic carbocycles. The van der Waals surface area contributed by atoms with Crippen LogP contribution in [0.25, 0.3) is 0 Å². The van der Waals surface area contributed by atoms with Crippen LogP contribution in [0, 0.1) is 11.8 Å². The first-order valence-corrected chi connectivity index (χ1v) is 17.8. The number of rotatable bonds is 25. The van der Waals surface area contributed by atoms with Gasteiger partial charge in [-0.2, -0.15) is 0 Å². The Morgan fingerprint density at radius 3 is 1.76 bits per heavy atom. The fourth-order valence-corrected chi connectivity index (χ4v) is 4.91. The van der Waals surface area contributed by atoms with Gasteiger partial charge in [0.05, 0.1) is 13.1 Å². The van der Waals surface area contributed by atoms with Crippen LogP contribution in [-0.2, 0) is 35.3 Å². The van der Waals surface area contributed by atoms with Crippen molar-refractivity contribution < 1.29 is 48.1 Å². The number of carbonyl (C=O) groups excluding carboxylic acids is 4. The summed E-state index contributed by atoms with van der Waals surface area (Å²) in [4.78, 5) is 69.6. The molecule has 0 saturated heterocycles. The second kappa shape index (κ2) is 27.8. The predicted molar refractivity (Wildman–Crippen MR) is 189 cm³/mol. The average molecular weight is 710 g/mol. The monoisotopic (exact) mass is 709 g/mol. The number of unbranched alkanes of at least 4 members (excludes halogenated alkanes) is 10. The Balaban J connectivity index is 0.00000108. The van der Waals surface area contributed by atoms with Gasteiger partial charge in [0.15, 0.2) is 0 Å². The molecule has 0 aliphatic carbocycles. The Hall–Kier alpha value is -4.03. The highest BCUT2D eigenvalue weighted by molar-refractivity contribution is 5.93. The smallest absolute Gasteiger partial charge is 0.408 e. The van der Waals surface area contributed by atoms with Gasteiger partial charge in [-0.25, -0.2) is 9.59 Å². The predicted octanol–water partition coefficient (Wildman–Crippen LogP) is 6.35. The molecule has 0 fully saturated rings. The number of alkyl halides is 1. The van der Waals surface area contributed by atoms with Gasteiger partial charge < -0.3 is 30.9 Å². The van der Waals surface area contributed by atoms with Gasteiger partial charge in [-0.3, -0.25) is 23.6 Å². The highest BCUT2D eigenvalue weighted by Crippen LogP contribution is 2.15. The standard InChI is InChI=1S/C20H27N3O8.C17H33FO/c1-11(2)16(23-20(30)31-10-13-7-5-4-6-8-13)18(27)21-12(3)17(26)22-14(19(28)29)9-15(24)25;1-3-4-5-6-7-8-9-10-11-12-13-14-17(15-18)16(2)19/h4-8,11-12,14,16H,9-10H2,1-3H3,(H,21,27)(H,22,26)(H,23,30)(H,24,25)(H,28,29);17H,3-15H2,1-2H3/t12-,14-,16-;/m0./s1. The summed E-state index contributed by atoms with van der Waals surface area (Å²) in [6.07, 6.45) is 13.4. The molecule has 0 radical (unpaired) electrons. The summed E-state index contributed by atoms with van der Waals surface area (Å²) in [5.74, 6) is -5.15. The van der Waals surface area contributed by atoms with Crippen molar-refractivity contribution in [1.82, 2.24) is 16.0 Å². The van der Waals surface area contributed by atoms with Crippen LogP contribution in [-0.4, -0.2) is 70.6 Å². The topological polar surface area (TPSA) is 188 Å². The molecule has 0 aromatic heterocycles. The lowest BCUT2D eigenvalue weighted by molar-refractivity contribution is -0.147. The summed E-state index contributed by atoms with van der Waals surface area (Å²) in [5.41, 5.74) is 0.767. The second-order valence-corrected chi connectivity index (χ2v) is 12.9. The van der Waals surface area contributed by atoms with Gasteiger partial charge in [0, 0.05) is 5.92 Å². The molecule has 0 bridgehead atoms. The molecular formula is C37H60FN3O9. The third-order valence-electron chi connectivity index (χ3n) is 8.10. The molecule has 3 amide bonds. The molecular weight excluding hydrogens is 649 g/mol. The second-order valence-electron chi connectivity index (χ2n) is 12.9. The Morgan fingerprint density at radius 1 is 0.760 bits per heavy atom. The van der Waals surface area contributed by atoms with Crippen molar-refractivity contribution >= 4 is 35.6 Å². The molecule has 50 heavy (non-hydrogen) atoms. The minimum atomic E-state index is -1.64. The zero-order valence-electron chi connectivity index (χ0n) is 30.5. The number of aliphatic carboxylic acids is 2. The van der Waals surface area contributed by atoms with Crippen molar-refractivity contribution in [2.75, 3.05) is 6.67 Å². The van der Waals surface area contributed by atoms with Crippen LogP contribution >= 0.6 is 0 Å². The van der Waals surface area contributed by atoms with Crippen molar-refractivity contribution in [1.29, 1.82) is 0 Å². The number of alkyl carbamates (subject to hydrolysis) is 1. The number of carboxylic acid groups (broad SMARTS) is 2. The van der Waals surface area contributed by atoms with Crippen molar-refractivity contribution in [3.05, 3.63) is 35.9 Å². The molecule has 1 aromatic rings. The van der Waals surface area contributed by atoms with E-state index in [1.807, 2.05) is 6.07 Å². The first-order chi connectivity index (χ1) is 23.7. The Labute approximate surface area is 296 Å². The van der Waals surface area contributed by atoms with Crippen LogP contribution in [0.15, 0.2) is 30.3 Å². The molecule has 0 saturated carbocycles. The van der Waals surface area contributed by atoms with Gasteiger partial charge in [-0.15, -0.1) is 0 Å². The van der Waals surface area contributed by atoms with Crippen molar-refractivity contribution in [2.45, 2.75) is 143 Å². The highest BCUT2D eigenvalue weighted by Gasteiger charge is 2.30. The number of ether oxygens (including phenoxy) is 1. The number of nitrogens with one attached hydrogen (secondary N) is 3. The molecule has 12 nitrogen and oxygen atoms in total. The zero-order valence-corrected chi connectivity index (χ0v) is 30.5. The number of carbonyl (C=O) groups is 6. The first-order valence-electron chi connectivity index (χ1n) is 17.8. The van der Waals surface area contributed by atoms with E-state index in [-0.39, 0.29) is 24.2 Å². The maximum atomic E-state index is 12.5. The fraction of sp³-hybridized carbons (Fsp3) is 0.676. The van der Waals surface area contributed by atoms with E-state index < -0.39 is 61.1 Å². The Morgan fingerprint density at radius 2 is 1.30 bits per heavy atom. The van der Waals surface area contributed by atoms with E-state index in [1.165, 1.54) is 71.6 Å². The fourth-order valence-electron chi connectivity index (χ4n) is 4.91.